The van der Waals surface area contributed by atoms with Crippen LogP contribution in [0.2, 0.25) is 0 Å². The molecule has 0 bridgehead atoms. The largest absolute Gasteiger partial charge is 0.442 e. The highest BCUT2D eigenvalue weighted by molar-refractivity contribution is 5.97. The van der Waals surface area contributed by atoms with E-state index in [0.717, 1.165) is 24.3 Å². The summed E-state index contributed by atoms with van der Waals surface area (Å²) < 4.78 is 78.7. The molecule has 1 heterocycles. The zero-order valence-electron chi connectivity index (χ0n) is 26.9. The molecule has 0 aromatic heterocycles. The number of halogens is 6. The maximum atomic E-state index is 13.2. The second-order valence-electron chi connectivity index (χ2n) is 11.0. The maximum Gasteiger partial charge on any atom is 0.442 e. The monoisotopic (exact) mass is 717 g/mol. The highest BCUT2D eigenvalue weighted by Crippen LogP contribution is 2.52. The fourth-order valence-electron chi connectivity index (χ4n) is 4.25. The number of alkyl halides is 6. The Kier molecular flexibility index (Phi) is 14.9. The molecule has 0 fully saturated rings. The molecule has 7 N–H and O–H groups in total. The lowest BCUT2D eigenvalue weighted by molar-refractivity contribution is -0.212. The van der Waals surface area contributed by atoms with Gasteiger partial charge in [0.2, 0.25) is 23.6 Å². The molecule has 0 radical (unpaired) electrons. The Hall–Kier alpha value is -5.07. The number of carbonyl (C=O) groups is 5. The predicted molar refractivity (Wildman–Crippen MR) is 165 cm³/mol. The molecule has 3 atom stereocenters. The fourth-order valence-corrected chi connectivity index (χ4v) is 4.25. The van der Waals surface area contributed by atoms with Crippen molar-refractivity contribution in [3.63, 3.8) is 0 Å². The number of hydrogen-bond acceptors (Lipinski definition) is 8. The van der Waals surface area contributed by atoms with Crippen molar-refractivity contribution in [1.82, 2.24) is 21.3 Å². The van der Waals surface area contributed by atoms with Crippen LogP contribution < -0.4 is 27.0 Å². The molecule has 2 unspecified atom stereocenters. The third-order valence-electron chi connectivity index (χ3n) is 6.78. The lowest BCUT2D eigenvalue weighted by Crippen LogP contribution is -2.54. The number of nitrogens with two attached hydrogens (primary N) is 1. The van der Waals surface area contributed by atoms with E-state index >= 15 is 0 Å². The Labute approximate surface area is 282 Å². The van der Waals surface area contributed by atoms with Gasteiger partial charge in [0.25, 0.3) is 5.91 Å². The first kappa shape index (κ1) is 41.1. The number of rotatable bonds is 15. The van der Waals surface area contributed by atoms with Crippen LogP contribution in [0, 0.1) is 0 Å². The second kappa shape index (κ2) is 18.1. The van der Waals surface area contributed by atoms with E-state index in [-0.39, 0.29) is 17.5 Å². The van der Waals surface area contributed by atoms with E-state index in [4.69, 9.17) is 5.73 Å². The van der Waals surface area contributed by atoms with Gasteiger partial charge in [-0.1, -0.05) is 62.7 Å². The Morgan fingerprint density at radius 2 is 1.38 bits per heavy atom. The van der Waals surface area contributed by atoms with E-state index in [1.54, 1.807) is 30.3 Å². The predicted octanol–water partition coefficient (Wildman–Crippen LogP) is 2.53. The molecule has 19 heteroatoms. The Morgan fingerprint density at radius 1 is 0.840 bits per heavy atom. The van der Waals surface area contributed by atoms with E-state index in [0.29, 0.717) is 5.56 Å². The number of hydrogen-bond donors (Lipinski definition) is 6. The zero-order chi connectivity index (χ0) is 37.7. The first-order chi connectivity index (χ1) is 23.3. The molecular weight excluding hydrogens is 680 g/mol. The minimum absolute atomic E-state index is 0.0890. The highest BCUT2D eigenvalue weighted by atomic mass is 19.4. The highest BCUT2D eigenvalue weighted by Gasteiger charge is 2.65. The number of nitrogens with zero attached hydrogens (tertiary/aromatic N) is 2. The quantitative estimate of drug-likeness (QED) is 0.153. The number of benzene rings is 2. The minimum Gasteiger partial charge on any atom is -0.382 e. The van der Waals surface area contributed by atoms with Gasteiger partial charge in [-0.05, 0) is 24.1 Å². The van der Waals surface area contributed by atoms with Gasteiger partial charge in [-0.25, -0.2) is 0 Å². The standard InChI is InChI=1S/C28H29F6N7O6.C3H8/c29-27(30,31)23(45)18(10-11-20(35)42)38-21(43)14-37-25(47)19(12-15-4-2-1-3-5-15)39-22(44)13-36-24(46)16-6-8-17(9-7-16)26(40-41-26)28(32,33)34;1-3-2/h1-9,18-19,23,45H,10-14H2,(H2,35,42)(H,36,46)(H,37,47)(H,38,43)(H,39,44);3H2,1-2H3/t18?,19-,23?;/m0./s1. The minimum atomic E-state index is -5.14. The molecule has 2 aromatic rings. The van der Waals surface area contributed by atoms with Gasteiger partial charge >= 0.3 is 18.0 Å². The van der Waals surface area contributed by atoms with Gasteiger partial charge in [-0.15, -0.1) is 10.2 Å². The van der Waals surface area contributed by atoms with Crippen LogP contribution in [0.15, 0.2) is 64.8 Å². The summed E-state index contributed by atoms with van der Waals surface area (Å²) in [4.78, 5) is 61.5. The normalized spacial score (nSPS) is 14.9. The first-order valence-corrected chi connectivity index (χ1v) is 15.2. The van der Waals surface area contributed by atoms with Crippen molar-refractivity contribution in [2.75, 3.05) is 13.1 Å². The molecule has 13 nitrogen and oxygen atoms in total. The summed E-state index contributed by atoms with van der Waals surface area (Å²) in [6.07, 6.45) is -13.0. The molecule has 3 rings (SSSR count). The number of carbonyl (C=O) groups excluding carboxylic acids is 5. The summed E-state index contributed by atoms with van der Waals surface area (Å²) in [5, 5.41) is 24.4. The SMILES string of the molecule is CCC.NC(=O)CCC(NC(=O)CNC(=O)[C@H](Cc1ccccc1)NC(=O)CNC(=O)c1ccc(C2(C(F)(F)F)N=N2)cc1)C(O)C(F)(F)F. The smallest absolute Gasteiger partial charge is 0.382 e. The molecule has 0 spiro atoms. The van der Waals surface area contributed by atoms with Gasteiger partial charge in [-0.2, -0.15) is 26.3 Å². The molecule has 274 valence electrons. The molecule has 5 amide bonds. The summed E-state index contributed by atoms with van der Waals surface area (Å²) in [5.41, 5.74) is 2.44. The van der Waals surface area contributed by atoms with Crippen molar-refractivity contribution in [2.24, 2.45) is 16.0 Å². The van der Waals surface area contributed by atoms with E-state index in [1.165, 1.54) is 6.42 Å². The molecule has 0 aliphatic carbocycles. The van der Waals surface area contributed by atoms with E-state index in [2.05, 4.69) is 40.0 Å². The Morgan fingerprint density at radius 3 is 1.88 bits per heavy atom. The third-order valence-corrected chi connectivity index (χ3v) is 6.78. The van der Waals surface area contributed by atoms with E-state index < -0.39 is 91.7 Å². The average molecular weight is 718 g/mol. The van der Waals surface area contributed by atoms with Crippen LogP contribution in [-0.2, 0) is 31.3 Å². The first-order valence-electron chi connectivity index (χ1n) is 15.2. The van der Waals surface area contributed by atoms with E-state index in [1.807, 2.05) is 5.32 Å². The van der Waals surface area contributed by atoms with Crippen molar-refractivity contribution < 1.29 is 55.4 Å². The van der Waals surface area contributed by atoms with Crippen LogP contribution in [0.4, 0.5) is 26.3 Å². The van der Waals surface area contributed by atoms with Crippen LogP contribution in [0.3, 0.4) is 0 Å². The number of aliphatic hydroxyl groups excluding tert-OH is 1. The number of aliphatic hydroxyl groups is 1. The Balaban J connectivity index is 0.00000278. The maximum absolute atomic E-state index is 13.2. The molecular formula is C31H37F6N7O6. The lowest BCUT2D eigenvalue weighted by Gasteiger charge is -2.26. The van der Waals surface area contributed by atoms with Crippen LogP contribution in [0.5, 0.6) is 0 Å². The number of amides is 5. The molecule has 1 aliphatic heterocycles. The van der Waals surface area contributed by atoms with E-state index in [9.17, 15) is 55.4 Å². The lowest BCUT2D eigenvalue weighted by atomic mass is 10.0. The van der Waals surface area contributed by atoms with Crippen molar-refractivity contribution in [3.05, 3.63) is 71.3 Å². The summed E-state index contributed by atoms with van der Waals surface area (Å²) >= 11 is 0. The van der Waals surface area contributed by atoms with Crippen molar-refractivity contribution in [1.29, 1.82) is 0 Å². The molecule has 1 aliphatic rings. The molecule has 50 heavy (non-hydrogen) atoms. The fraction of sp³-hybridized carbons (Fsp3) is 0.452. The zero-order valence-corrected chi connectivity index (χ0v) is 26.9. The van der Waals surface area contributed by atoms with Crippen molar-refractivity contribution in [3.8, 4) is 0 Å². The summed E-state index contributed by atoms with van der Waals surface area (Å²) in [6.45, 7) is 2.70. The number of primary amides is 1. The summed E-state index contributed by atoms with van der Waals surface area (Å²) in [7, 11) is 0. The van der Waals surface area contributed by atoms with Crippen LogP contribution in [0.25, 0.3) is 0 Å². The topological polar surface area (TPSA) is 204 Å². The average Bonchev–Trinajstić information content (AvgIpc) is 3.87. The molecule has 0 saturated carbocycles. The van der Waals surface area contributed by atoms with Crippen molar-refractivity contribution >= 4 is 29.5 Å². The summed E-state index contributed by atoms with van der Waals surface area (Å²) in [6, 6.07) is 9.13. The summed E-state index contributed by atoms with van der Waals surface area (Å²) in [5.74, 6) is -4.75. The van der Waals surface area contributed by atoms with Crippen LogP contribution in [0.1, 0.15) is 54.6 Å². The van der Waals surface area contributed by atoms with Gasteiger partial charge in [0, 0.05) is 24.0 Å². The van der Waals surface area contributed by atoms with Gasteiger partial charge < -0.3 is 32.1 Å². The van der Waals surface area contributed by atoms with Crippen molar-refractivity contribution in [2.45, 2.75) is 75.7 Å². The van der Waals surface area contributed by atoms with Gasteiger partial charge in [0.1, 0.15) is 6.04 Å². The third kappa shape index (κ3) is 12.4. The van der Waals surface area contributed by atoms with Gasteiger partial charge in [0.15, 0.2) is 6.10 Å². The number of nitrogens with one attached hydrogen (secondary N) is 4. The second-order valence-corrected chi connectivity index (χ2v) is 11.0. The Bertz CT molecular complexity index is 1500. The van der Waals surface area contributed by atoms with Gasteiger partial charge in [0.05, 0.1) is 19.1 Å². The van der Waals surface area contributed by atoms with Crippen LogP contribution >= 0.6 is 0 Å². The van der Waals surface area contributed by atoms with Crippen LogP contribution in [-0.4, -0.2) is 78.3 Å². The molecule has 0 saturated heterocycles. The van der Waals surface area contributed by atoms with Gasteiger partial charge in [-0.3, -0.25) is 24.0 Å². The molecule has 2 aromatic carbocycles.